The van der Waals surface area contributed by atoms with Gasteiger partial charge in [-0.05, 0) is 35.0 Å². The maximum Gasteiger partial charge on any atom is 0.167 e. The smallest absolute Gasteiger partial charge is 0.167 e. The number of fused-ring (bicyclic) bond motifs is 4. The predicted octanol–water partition coefficient (Wildman–Crippen LogP) is 8.58. The van der Waals surface area contributed by atoms with E-state index in [2.05, 4.69) is 24.3 Å². The maximum absolute atomic E-state index is 6.30. The quantitative estimate of drug-likeness (QED) is 0.252. The van der Waals surface area contributed by atoms with Gasteiger partial charge in [0.05, 0.1) is 5.56 Å². The van der Waals surface area contributed by atoms with Gasteiger partial charge in [-0.2, -0.15) is 0 Å². The molecule has 0 spiro atoms. The molecular weight excluding hydrogens is 466 g/mol. The van der Waals surface area contributed by atoms with E-state index in [1.807, 2.05) is 84.9 Å². The number of nitrogens with zero attached hydrogens (tertiary/aromatic N) is 3. The highest BCUT2D eigenvalue weighted by Gasteiger charge is 2.18. The number of rotatable bonds is 3. The lowest BCUT2D eigenvalue weighted by atomic mass is 10.0. The van der Waals surface area contributed by atoms with Crippen molar-refractivity contribution in [1.82, 2.24) is 15.0 Å². The van der Waals surface area contributed by atoms with Crippen molar-refractivity contribution in [2.45, 2.75) is 0 Å². The average molecular weight is 484 g/mol. The molecule has 7 rings (SSSR count). The van der Waals surface area contributed by atoms with E-state index < -0.39 is 0 Å². The first-order valence-corrected chi connectivity index (χ1v) is 12.0. The standard InChI is InChI=1S/C31H18ClN3O/c32-21-16-17-27-26(18-21)23-13-7-15-25(28(23)36-27)31-34-29(20-9-2-1-3-10-20)33-30(35-31)24-14-6-11-19-8-4-5-12-22(19)24/h1-18H. The van der Waals surface area contributed by atoms with Crippen molar-refractivity contribution in [1.29, 1.82) is 0 Å². The fraction of sp³-hybridized carbons (Fsp3) is 0. The Balaban J connectivity index is 1.53. The van der Waals surface area contributed by atoms with Crippen LogP contribution in [-0.2, 0) is 0 Å². The van der Waals surface area contributed by atoms with E-state index in [-0.39, 0.29) is 0 Å². The van der Waals surface area contributed by atoms with E-state index in [4.69, 9.17) is 31.0 Å². The highest BCUT2D eigenvalue weighted by Crippen LogP contribution is 2.37. The van der Waals surface area contributed by atoms with Crippen molar-refractivity contribution < 1.29 is 4.42 Å². The van der Waals surface area contributed by atoms with E-state index in [9.17, 15) is 0 Å². The van der Waals surface area contributed by atoms with Crippen LogP contribution in [0.3, 0.4) is 0 Å². The Morgan fingerprint density at radius 2 is 1.19 bits per heavy atom. The molecule has 0 amide bonds. The molecule has 0 saturated carbocycles. The van der Waals surface area contributed by atoms with Crippen LogP contribution in [0, 0.1) is 0 Å². The molecule has 5 heteroatoms. The maximum atomic E-state index is 6.30. The Bertz CT molecular complexity index is 1910. The molecule has 0 fully saturated rings. The highest BCUT2D eigenvalue weighted by atomic mass is 35.5. The normalized spacial score (nSPS) is 11.5. The van der Waals surface area contributed by atoms with E-state index in [1.54, 1.807) is 0 Å². The lowest BCUT2D eigenvalue weighted by molar-refractivity contribution is 0.669. The van der Waals surface area contributed by atoms with Gasteiger partial charge < -0.3 is 4.42 Å². The molecule has 7 aromatic rings. The summed E-state index contributed by atoms with van der Waals surface area (Å²) in [5.74, 6) is 1.79. The van der Waals surface area contributed by atoms with Crippen LogP contribution in [0.2, 0.25) is 5.02 Å². The molecule has 4 nitrogen and oxygen atoms in total. The summed E-state index contributed by atoms with van der Waals surface area (Å²) in [4.78, 5) is 14.8. The fourth-order valence-electron chi connectivity index (χ4n) is 4.70. The Labute approximate surface area is 211 Å². The molecule has 0 bridgehead atoms. The Hall–Kier alpha value is -4.54. The fourth-order valence-corrected chi connectivity index (χ4v) is 4.87. The van der Waals surface area contributed by atoms with Gasteiger partial charge in [0, 0.05) is 26.9 Å². The first-order valence-electron chi connectivity index (χ1n) is 11.7. The summed E-state index contributed by atoms with van der Waals surface area (Å²) in [5, 5.41) is 4.83. The number of aromatic nitrogens is 3. The number of benzene rings is 5. The zero-order chi connectivity index (χ0) is 24.1. The molecule has 0 aliphatic rings. The van der Waals surface area contributed by atoms with Gasteiger partial charge in [0.2, 0.25) is 0 Å². The average Bonchev–Trinajstić information content (AvgIpc) is 3.31. The third-order valence-electron chi connectivity index (χ3n) is 6.40. The lowest BCUT2D eigenvalue weighted by Crippen LogP contribution is -2.00. The summed E-state index contributed by atoms with van der Waals surface area (Å²) in [5.41, 5.74) is 4.18. The van der Waals surface area contributed by atoms with Gasteiger partial charge >= 0.3 is 0 Å². The molecular formula is C31H18ClN3O. The summed E-state index contributed by atoms with van der Waals surface area (Å²) in [6, 6.07) is 36.1. The van der Waals surface area contributed by atoms with Crippen LogP contribution >= 0.6 is 11.6 Å². The second-order valence-electron chi connectivity index (χ2n) is 8.62. The number of halogens is 1. The van der Waals surface area contributed by atoms with Gasteiger partial charge in [-0.1, -0.05) is 96.5 Å². The number of hydrogen-bond acceptors (Lipinski definition) is 4. The molecule has 0 aliphatic heterocycles. The van der Waals surface area contributed by atoms with Crippen molar-refractivity contribution >= 4 is 44.3 Å². The molecule has 0 saturated heterocycles. The van der Waals surface area contributed by atoms with Gasteiger partial charge in [-0.15, -0.1) is 0 Å². The first-order chi connectivity index (χ1) is 17.7. The summed E-state index contributed by atoms with van der Waals surface area (Å²) in [6.07, 6.45) is 0. The van der Waals surface area contributed by atoms with Crippen molar-refractivity contribution in [3.05, 3.63) is 114 Å². The number of para-hydroxylation sites is 1. The Morgan fingerprint density at radius 1 is 0.528 bits per heavy atom. The van der Waals surface area contributed by atoms with Crippen molar-refractivity contribution in [2.24, 2.45) is 0 Å². The predicted molar refractivity (Wildman–Crippen MR) is 146 cm³/mol. The van der Waals surface area contributed by atoms with Crippen molar-refractivity contribution in [3.8, 4) is 34.2 Å². The van der Waals surface area contributed by atoms with Crippen molar-refractivity contribution in [2.75, 3.05) is 0 Å². The molecule has 0 atom stereocenters. The van der Waals surface area contributed by atoms with Gasteiger partial charge in [0.25, 0.3) is 0 Å². The van der Waals surface area contributed by atoms with Gasteiger partial charge in [0.1, 0.15) is 11.2 Å². The van der Waals surface area contributed by atoms with E-state index in [0.717, 1.165) is 49.4 Å². The van der Waals surface area contributed by atoms with Gasteiger partial charge in [-0.25, -0.2) is 15.0 Å². The molecule has 5 aromatic carbocycles. The number of hydrogen-bond donors (Lipinski definition) is 0. The van der Waals surface area contributed by atoms with E-state index in [0.29, 0.717) is 22.5 Å². The molecule has 0 radical (unpaired) electrons. The molecule has 0 N–H and O–H groups in total. The van der Waals surface area contributed by atoms with Crippen LogP contribution in [0.15, 0.2) is 114 Å². The summed E-state index contributed by atoms with van der Waals surface area (Å²) in [6.45, 7) is 0. The van der Waals surface area contributed by atoms with Crippen LogP contribution in [0.5, 0.6) is 0 Å². The molecule has 170 valence electrons. The first kappa shape index (κ1) is 20.8. The largest absolute Gasteiger partial charge is 0.455 e. The lowest BCUT2D eigenvalue weighted by Gasteiger charge is -2.10. The zero-order valence-corrected chi connectivity index (χ0v) is 19.8. The van der Waals surface area contributed by atoms with Crippen molar-refractivity contribution in [3.63, 3.8) is 0 Å². The third kappa shape index (κ3) is 3.43. The molecule has 36 heavy (non-hydrogen) atoms. The second kappa shape index (κ2) is 8.29. The molecule has 0 unspecified atom stereocenters. The topological polar surface area (TPSA) is 51.8 Å². The van der Waals surface area contributed by atoms with Gasteiger partial charge in [-0.3, -0.25) is 0 Å². The SMILES string of the molecule is Clc1ccc2oc3c(-c4nc(-c5ccccc5)nc(-c5cccc6ccccc56)n4)cccc3c2c1. The van der Waals surface area contributed by atoms with Crippen LogP contribution in [0.25, 0.3) is 66.9 Å². The van der Waals surface area contributed by atoms with Crippen LogP contribution < -0.4 is 0 Å². The van der Waals surface area contributed by atoms with Crippen LogP contribution in [0.1, 0.15) is 0 Å². The minimum absolute atomic E-state index is 0.558. The molecule has 2 heterocycles. The van der Waals surface area contributed by atoms with Crippen LogP contribution in [-0.4, -0.2) is 15.0 Å². The van der Waals surface area contributed by atoms with E-state index >= 15 is 0 Å². The Morgan fingerprint density at radius 3 is 2.08 bits per heavy atom. The second-order valence-corrected chi connectivity index (χ2v) is 9.06. The number of furan rings is 1. The summed E-state index contributed by atoms with van der Waals surface area (Å²) >= 11 is 6.28. The minimum atomic E-state index is 0.558. The summed E-state index contributed by atoms with van der Waals surface area (Å²) in [7, 11) is 0. The van der Waals surface area contributed by atoms with Gasteiger partial charge in [0.15, 0.2) is 17.5 Å². The highest BCUT2D eigenvalue weighted by molar-refractivity contribution is 6.31. The molecule has 0 aliphatic carbocycles. The monoisotopic (exact) mass is 483 g/mol. The molecule has 2 aromatic heterocycles. The minimum Gasteiger partial charge on any atom is -0.455 e. The third-order valence-corrected chi connectivity index (χ3v) is 6.63. The Kier molecular flexibility index (Phi) is 4.79. The zero-order valence-electron chi connectivity index (χ0n) is 19.0. The summed E-state index contributed by atoms with van der Waals surface area (Å²) < 4.78 is 6.30. The van der Waals surface area contributed by atoms with Crippen LogP contribution in [0.4, 0.5) is 0 Å². The van der Waals surface area contributed by atoms with E-state index in [1.165, 1.54) is 0 Å².